The van der Waals surface area contributed by atoms with Gasteiger partial charge in [0.25, 0.3) is 5.69 Å². The molecule has 0 saturated carbocycles. The first kappa shape index (κ1) is 20.2. The second-order valence-electron chi connectivity index (χ2n) is 7.22. The Morgan fingerprint density at radius 3 is 2.06 bits per heavy atom. The number of amides is 3. The van der Waals surface area contributed by atoms with Crippen LogP contribution in [0.1, 0.15) is 19.3 Å². The molecular weight excluding hydrogens is 406 g/mol. The van der Waals surface area contributed by atoms with Crippen molar-refractivity contribution < 1.29 is 28.8 Å². The van der Waals surface area contributed by atoms with E-state index >= 15 is 0 Å². The lowest BCUT2D eigenvalue weighted by Gasteiger charge is -2.16. The highest BCUT2D eigenvalue weighted by Gasteiger charge is 2.36. The molecule has 0 N–H and O–H groups in total. The standard InChI is InChI=1S/C21H17N3O7/c25-18-9-10-19(26)23(18)15-5-7-17(8-6-15)31-21(28)13-11-20(27)22(12-13)14-1-3-16(4-2-14)24(29)30/h1-8,13H,9-12H2/t13-/m1/s1. The molecule has 2 aliphatic heterocycles. The second kappa shape index (κ2) is 7.98. The Bertz CT molecular complexity index is 1060. The Labute approximate surface area is 176 Å². The first-order valence-electron chi connectivity index (χ1n) is 9.56. The summed E-state index contributed by atoms with van der Waals surface area (Å²) in [5, 5.41) is 10.8. The van der Waals surface area contributed by atoms with E-state index in [0.717, 1.165) is 4.90 Å². The van der Waals surface area contributed by atoms with Crippen molar-refractivity contribution in [2.75, 3.05) is 16.3 Å². The van der Waals surface area contributed by atoms with Crippen LogP contribution in [0.4, 0.5) is 17.1 Å². The normalized spacial score (nSPS) is 18.6. The lowest BCUT2D eigenvalue weighted by atomic mass is 10.1. The fraction of sp³-hybridized carbons (Fsp3) is 0.238. The number of carbonyl (C=O) groups excluding carboxylic acids is 4. The van der Waals surface area contributed by atoms with Crippen LogP contribution in [0.15, 0.2) is 48.5 Å². The number of ether oxygens (including phenoxy) is 1. The number of non-ortho nitro benzene ring substituents is 1. The number of hydrogen-bond acceptors (Lipinski definition) is 7. The molecule has 3 amide bonds. The van der Waals surface area contributed by atoms with E-state index in [1.54, 1.807) is 0 Å². The lowest BCUT2D eigenvalue weighted by molar-refractivity contribution is -0.384. The van der Waals surface area contributed by atoms with Gasteiger partial charge in [-0.3, -0.25) is 34.2 Å². The average molecular weight is 423 g/mol. The van der Waals surface area contributed by atoms with Gasteiger partial charge in [0.2, 0.25) is 17.7 Å². The van der Waals surface area contributed by atoms with Crippen LogP contribution in [0.3, 0.4) is 0 Å². The molecule has 158 valence electrons. The van der Waals surface area contributed by atoms with Crippen molar-refractivity contribution in [2.24, 2.45) is 5.92 Å². The van der Waals surface area contributed by atoms with Gasteiger partial charge >= 0.3 is 5.97 Å². The van der Waals surface area contributed by atoms with Crippen LogP contribution in [0.2, 0.25) is 0 Å². The number of anilines is 2. The van der Waals surface area contributed by atoms with Crippen molar-refractivity contribution in [1.82, 2.24) is 0 Å². The van der Waals surface area contributed by atoms with Gasteiger partial charge in [0.15, 0.2) is 0 Å². The molecule has 2 aromatic carbocycles. The monoisotopic (exact) mass is 423 g/mol. The van der Waals surface area contributed by atoms with Crippen LogP contribution >= 0.6 is 0 Å². The Hall–Kier alpha value is -4.08. The average Bonchev–Trinajstić information content (AvgIpc) is 3.31. The number of nitro groups is 1. The van der Waals surface area contributed by atoms with Crippen LogP contribution in [0.25, 0.3) is 0 Å². The zero-order valence-electron chi connectivity index (χ0n) is 16.2. The van der Waals surface area contributed by atoms with E-state index in [4.69, 9.17) is 4.74 Å². The van der Waals surface area contributed by atoms with Crippen LogP contribution in [-0.4, -0.2) is 35.2 Å². The third-order valence-electron chi connectivity index (χ3n) is 5.20. The fourth-order valence-corrected chi connectivity index (χ4v) is 3.60. The van der Waals surface area contributed by atoms with E-state index in [0.29, 0.717) is 11.4 Å². The molecular formula is C21H17N3O7. The number of nitro benzene ring substituents is 1. The second-order valence-corrected chi connectivity index (χ2v) is 7.22. The van der Waals surface area contributed by atoms with Gasteiger partial charge in [-0.15, -0.1) is 0 Å². The highest BCUT2D eigenvalue weighted by molar-refractivity contribution is 6.19. The predicted molar refractivity (Wildman–Crippen MR) is 107 cm³/mol. The summed E-state index contributed by atoms with van der Waals surface area (Å²) in [5.74, 6) is -1.87. The van der Waals surface area contributed by atoms with Gasteiger partial charge in [-0.25, -0.2) is 0 Å². The van der Waals surface area contributed by atoms with E-state index in [-0.39, 0.29) is 55.0 Å². The topological polar surface area (TPSA) is 127 Å². The first-order chi connectivity index (χ1) is 14.8. The van der Waals surface area contributed by atoms with Crippen molar-refractivity contribution in [3.05, 3.63) is 58.6 Å². The highest BCUT2D eigenvalue weighted by Crippen LogP contribution is 2.29. The van der Waals surface area contributed by atoms with E-state index < -0.39 is 16.8 Å². The van der Waals surface area contributed by atoms with E-state index in [9.17, 15) is 29.3 Å². The predicted octanol–water partition coefficient (Wildman–Crippen LogP) is 2.21. The van der Waals surface area contributed by atoms with Crippen molar-refractivity contribution in [3.63, 3.8) is 0 Å². The van der Waals surface area contributed by atoms with Crippen LogP contribution in [-0.2, 0) is 19.2 Å². The van der Waals surface area contributed by atoms with Crippen molar-refractivity contribution in [2.45, 2.75) is 19.3 Å². The minimum absolute atomic E-state index is 0.0370. The number of benzene rings is 2. The van der Waals surface area contributed by atoms with Gasteiger partial charge in [0.1, 0.15) is 5.75 Å². The quantitative estimate of drug-likeness (QED) is 0.237. The van der Waals surface area contributed by atoms with Gasteiger partial charge in [-0.1, -0.05) is 0 Å². The third kappa shape index (κ3) is 4.00. The van der Waals surface area contributed by atoms with Crippen molar-refractivity contribution >= 4 is 40.8 Å². The minimum Gasteiger partial charge on any atom is -0.426 e. The zero-order valence-corrected chi connectivity index (χ0v) is 16.2. The molecule has 0 radical (unpaired) electrons. The van der Waals surface area contributed by atoms with Gasteiger partial charge in [0, 0.05) is 43.6 Å². The SMILES string of the molecule is O=C(Oc1ccc(N2C(=O)CCC2=O)cc1)[C@@H]1CC(=O)N(c2ccc([N+](=O)[O-])cc2)C1. The number of imide groups is 1. The molecule has 0 unspecified atom stereocenters. The Morgan fingerprint density at radius 1 is 0.903 bits per heavy atom. The minimum atomic E-state index is -0.691. The Kier molecular flexibility index (Phi) is 5.20. The number of hydrogen-bond donors (Lipinski definition) is 0. The van der Waals surface area contributed by atoms with Gasteiger partial charge < -0.3 is 9.64 Å². The molecule has 0 spiro atoms. The van der Waals surface area contributed by atoms with Crippen LogP contribution in [0, 0.1) is 16.0 Å². The van der Waals surface area contributed by atoms with E-state index in [1.165, 1.54) is 53.4 Å². The highest BCUT2D eigenvalue weighted by atomic mass is 16.6. The molecule has 2 aromatic rings. The molecule has 2 heterocycles. The molecule has 31 heavy (non-hydrogen) atoms. The summed E-state index contributed by atoms with van der Waals surface area (Å²) in [6.07, 6.45) is 0.317. The number of carbonyl (C=O) groups is 4. The number of rotatable bonds is 5. The summed E-state index contributed by atoms with van der Waals surface area (Å²) < 4.78 is 5.36. The van der Waals surface area contributed by atoms with Gasteiger partial charge in [0.05, 0.1) is 16.5 Å². The summed E-state index contributed by atoms with van der Waals surface area (Å²) in [6, 6.07) is 11.5. The maximum Gasteiger partial charge on any atom is 0.316 e. The largest absolute Gasteiger partial charge is 0.426 e. The van der Waals surface area contributed by atoms with Gasteiger partial charge in [-0.2, -0.15) is 0 Å². The zero-order chi connectivity index (χ0) is 22.1. The Morgan fingerprint density at radius 2 is 1.48 bits per heavy atom. The van der Waals surface area contributed by atoms with E-state index in [2.05, 4.69) is 0 Å². The van der Waals surface area contributed by atoms with Crippen LogP contribution < -0.4 is 14.5 Å². The molecule has 2 fully saturated rings. The molecule has 1 atom stereocenters. The number of nitrogens with zero attached hydrogens (tertiary/aromatic N) is 3. The summed E-state index contributed by atoms with van der Waals surface area (Å²) in [4.78, 5) is 61.2. The van der Waals surface area contributed by atoms with Crippen LogP contribution in [0.5, 0.6) is 5.75 Å². The molecule has 0 aliphatic carbocycles. The summed E-state index contributed by atoms with van der Waals surface area (Å²) in [7, 11) is 0. The Balaban J connectivity index is 1.40. The molecule has 4 rings (SSSR count). The molecule has 2 saturated heterocycles. The maximum absolute atomic E-state index is 12.5. The smallest absolute Gasteiger partial charge is 0.316 e. The molecule has 0 aromatic heterocycles. The third-order valence-corrected chi connectivity index (χ3v) is 5.20. The maximum atomic E-state index is 12.5. The molecule has 10 heteroatoms. The molecule has 0 bridgehead atoms. The molecule has 10 nitrogen and oxygen atoms in total. The van der Waals surface area contributed by atoms with Crippen molar-refractivity contribution in [1.29, 1.82) is 0 Å². The molecule has 2 aliphatic rings. The summed E-state index contributed by atoms with van der Waals surface area (Å²) >= 11 is 0. The number of esters is 1. The summed E-state index contributed by atoms with van der Waals surface area (Å²) in [5.41, 5.74) is 0.787. The van der Waals surface area contributed by atoms with E-state index in [1.807, 2.05) is 0 Å². The summed E-state index contributed by atoms with van der Waals surface area (Å²) in [6.45, 7) is 0.102. The first-order valence-corrected chi connectivity index (χ1v) is 9.56. The van der Waals surface area contributed by atoms with Gasteiger partial charge in [-0.05, 0) is 36.4 Å². The van der Waals surface area contributed by atoms with Crippen molar-refractivity contribution in [3.8, 4) is 5.75 Å². The lowest BCUT2D eigenvalue weighted by Crippen LogP contribution is -2.28. The fourth-order valence-electron chi connectivity index (χ4n) is 3.60.